The number of allylic oxidation sites excluding steroid dienone is 2. The van der Waals surface area contributed by atoms with Gasteiger partial charge in [-0.05, 0) is 43.5 Å². The topological polar surface area (TPSA) is 92.3 Å². The Hall–Kier alpha value is -2.93. The standard InChI is InChI=1S/C24H31N5O2/c1-24-14-5-4-9-20(24)28-23(31-24)27-15-26-18-7-6-8-19(30)21(18)22(25)16-10-12-17(13-11-16)29(2)3/h4-5,9-13,21-22H,6-8,14-15,25H2,1-3H3,(H,27,28). The van der Waals surface area contributed by atoms with Gasteiger partial charge in [0.05, 0.1) is 11.6 Å². The van der Waals surface area contributed by atoms with E-state index in [0.717, 1.165) is 41.9 Å². The number of ether oxygens (including phenoxy) is 1. The number of benzene rings is 1. The number of rotatable bonds is 5. The molecule has 1 aromatic carbocycles. The number of aliphatic imine (C=N–C) groups is 2. The molecule has 3 unspecified atom stereocenters. The van der Waals surface area contributed by atoms with E-state index < -0.39 is 12.0 Å². The number of amidine groups is 1. The van der Waals surface area contributed by atoms with Gasteiger partial charge >= 0.3 is 0 Å². The number of fused-ring (bicyclic) bond motifs is 1. The lowest BCUT2D eigenvalue weighted by Crippen LogP contribution is -2.37. The lowest BCUT2D eigenvalue weighted by atomic mass is 9.79. The van der Waals surface area contributed by atoms with Crippen molar-refractivity contribution in [1.29, 1.82) is 0 Å². The molecule has 1 saturated carbocycles. The Kier molecular flexibility index (Phi) is 5.96. The van der Waals surface area contributed by atoms with Crippen molar-refractivity contribution in [3.8, 4) is 0 Å². The first kappa shape index (κ1) is 21.3. The normalized spacial score (nSPS) is 28.7. The predicted octanol–water partition coefficient (Wildman–Crippen LogP) is 3.10. The molecule has 1 saturated heterocycles. The third-order valence-corrected chi connectivity index (χ3v) is 6.24. The smallest absolute Gasteiger partial charge is 0.291 e. The van der Waals surface area contributed by atoms with Gasteiger partial charge in [0, 0.05) is 44.4 Å². The van der Waals surface area contributed by atoms with Crippen LogP contribution in [0.15, 0.2) is 58.2 Å². The number of hydrogen-bond donors (Lipinski definition) is 2. The molecule has 0 bridgehead atoms. The number of nitrogens with one attached hydrogen (secondary N) is 1. The number of ketones is 1. The van der Waals surface area contributed by atoms with Crippen LogP contribution in [0.3, 0.4) is 0 Å². The van der Waals surface area contributed by atoms with Crippen molar-refractivity contribution in [2.24, 2.45) is 21.6 Å². The van der Waals surface area contributed by atoms with Gasteiger partial charge in [-0.1, -0.05) is 24.3 Å². The number of nitrogens with zero attached hydrogens (tertiary/aromatic N) is 3. The molecule has 3 N–H and O–H groups in total. The minimum absolute atomic E-state index is 0.159. The van der Waals surface area contributed by atoms with Gasteiger partial charge in [-0.15, -0.1) is 0 Å². The van der Waals surface area contributed by atoms with Crippen LogP contribution in [0.4, 0.5) is 5.69 Å². The molecule has 7 nitrogen and oxygen atoms in total. The minimum atomic E-state index is -0.408. The van der Waals surface area contributed by atoms with Crippen molar-refractivity contribution in [2.75, 3.05) is 25.7 Å². The van der Waals surface area contributed by atoms with E-state index in [0.29, 0.717) is 12.4 Å². The number of Topliss-reactive ketones (excluding diaryl/α,β-unsaturated/α-hetero) is 1. The molecule has 0 amide bonds. The summed E-state index contributed by atoms with van der Waals surface area (Å²) < 4.78 is 5.99. The van der Waals surface area contributed by atoms with E-state index >= 15 is 0 Å². The summed E-state index contributed by atoms with van der Waals surface area (Å²) in [5.74, 6) is -0.240. The van der Waals surface area contributed by atoms with Gasteiger partial charge in [-0.2, -0.15) is 0 Å². The highest BCUT2D eigenvalue weighted by molar-refractivity contribution is 6.07. The van der Waals surface area contributed by atoms with Crippen LogP contribution in [-0.2, 0) is 9.53 Å². The van der Waals surface area contributed by atoms with Gasteiger partial charge in [-0.3, -0.25) is 9.79 Å². The Morgan fingerprint density at radius 3 is 2.74 bits per heavy atom. The van der Waals surface area contributed by atoms with E-state index in [1.807, 2.05) is 62.3 Å². The molecular weight excluding hydrogens is 390 g/mol. The Morgan fingerprint density at radius 2 is 2.03 bits per heavy atom. The summed E-state index contributed by atoms with van der Waals surface area (Å²) >= 11 is 0. The maximum atomic E-state index is 12.8. The summed E-state index contributed by atoms with van der Waals surface area (Å²) in [5, 5.41) is 3.23. The molecule has 164 valence electrons. The predicted molar refractivity (Wildman–Crippen MR) is 124 cm³/mol. The lowest BCUT2D eigenvalue weighted by Gasteiger charge is -2.28. The summed E-state index contributed by atoms with van der Waals surface area (Å²) in [7, 11) is 3.99. The lowest BCUT2D eigenvalue weighted by molar-refractivity contribution is -0.122. The van der Waals surface area contributed by atoms with E-state index in [1.165, 1.54) is 0 Å². The highest BCUT2D eigenvalue weighted by Gasteiger charge is 2.39. The molecule has 7 heteroatoms. The fourth-order valence-corrected chi connectivity index (χ4v) is 4.34. The van der Waals surface area contributed by atoms with Crippen molar-refractivity contribution in [3.63, 3.8) is 0 Å². The molecule has 1 aliphatic heterocycles. The van der Waals surface area contributed by atoms with Crippen molar-refractivity contribution in [2.45, 2.75) is 44.2 Å². The molecule has 1 heterocycles. The first-order valence-electron chi connectivity index (χ1n) is 10.8. The number of hydrogen-bond acceptors (Lipinski definition) is 6. The molecule has 3 aliphatic rings. The van der Waals surface area contributed by atoms with E-state index in [-0.39, 0.29) is 18.1 Å². The highest BCUT2D eigenvalue weighted by Crippen LogP contribution is 2.32. The Bertz CT molecular complexity index is 961. The zero-order chi connectivity index (χ0) is 22.0. The SMILES string of the molecule is CN(C)c1ccc(C(N)C2C(=O)CCCC2=NCN=C2NC3=CC=CCC3(C)O2)cc1. The number of carbonyl (C=O) groups excluding carboxylic acids is 1. The van der Waals surface area contributed by atoms with E-state index in [4.69, 9.17) is 10.5 Å². The molecule has 0 radical (unpaired) electrons. The molecule has 31 heavy (non-hydrogen) atoms. The van der Waals surface area contributed by atoms with Crippen molar-refractivity contribution in [1.82, 2.24) is 5.32 Å². The summed E-state index contributed by atoms with van der Waals surface area (Å²) in [4.78, 5) is 24.0. The van der Waals surface area contributed by atoms with Crippen LogP contribution in [-0.4, -0.2) is 43.9 Å². The van der Waals surface area contributed by atoms with Crippen molar-refractivity contribution >= 4 is 23.2 Å². The van der Waals surface area contributed by atoms with Crippen LogP contribution in [0, 0.1) is 5.92 Å². The van der Waals surface area contributed by atoms with E-state index in [9.17, 15) is 4.79 Å². The molecule has 2 fully saturated rings. The second-order valence-electron chi connectivity index (χ2n) is 8.73. The molecule has 0 aromatic heterocycles. The molecular formula is C24H31N5O2. The van der Waals surface area contributed by atoms with Crippen LogP contribution in [0.25, 0.3) is 0 Å². The zero-order valence-corrected chi connectivity index (χ0v) is 18.5. The molecule has 2 aliphatic carbocycles. The van der Waals surface area contributed by atoms with Gasteiger partial charge in [-0.25, -0.2) is 4.99 Å². The maximum Gasteiger partial charge on any atom is 0.291 e. The third kappa shape index (κ3) is 4.42. The fraction of sp³-hybridized carbons (Fsp3) is 0.458. The third-order valence-electron chi connectivity index (χ3n) is 6.24. The van der Waals surface area contributed by atoms with E-state index in [2.05, 4.69) is 21.4 Å². The van der Waals surface area contributed by atoms with Gasteiger partial charge in [0.1, 0.15) is 12.5 Å². The van der Waals surface area contributed by atoms with Crippen LogP contribution in [0.5, 0.6) is 0 Å². The zero-order valence-electron chi connectivity index (χ0n) is 18.5. The molecule has 1 aromatic rings. The van der Waals surface area contributed by atoms with Crippen LogP contribution in [0.1, 0.15) is 44.2 Å². The van der Waals surface area contributed by atoms with Crippen molar-refractivity contribution < 1.29 is 9.53 Å². The fourth-order valence-electron chi connectivity index (χ4n) is 4.34. The summed E-state index contributed by atoms with van der Waals surface area (Å²) in [5.41, 5.74) is 10.1. The minimum Gasteiger partial charge on any atom is -0.452 e. The summed E-state index contributed by atoms with van der Waals surface area (Å²) in [6.07, 6.45) is 9.03. The van der Waals surface area contributed by atoms with E-state index in [1.54, 1.807) is 0 Å². The molecule has 0 spiro atoms. The van der Waals surface area contributed by atoms with Crippen LogP contribution >= 0.6 is 0 Å². The quantitative estimate of drug-likeness (QED) is 0.762. The molecule has 4 rings (SSSR count). The number of anilines is 1. The Morgan fingerprint density at radius 1 is 1.26 bits per heavy atom. The van der Waals surface area contributed by atoms with Gasteiger partial charge in [0.15, 0.2) is 5.60 Å². The molecule has 3 atom stereocenters. The maximum absolute atomic E-state index is 12.8. The Balaban J connectivity index is 1.48. The number of nitrogens with two attached hydrogens (primary N) is 1. The van der Waals surface area contributed by atoms with Gasteiger partial charge < -0.3 is 20.7 Å². The van der Waals surface area contributed by atoms with Gasteiger partial charge in [0.2, 0.25) is 0 Å². The second kappa shape index (κ2) is 8.67. The van der Waals surface area contributed by atoms with Crippen LogP contribution < -0.4 is 16.0 Å². The van der Waals surface area contributed by atoms with Gasteiger partial charge in [0.25, 0.3) is 6.02 Å². The highest BCUT2D eigenvalue weighted by atomic mass is 16.5. The average Bonchev–Trinajstić information content (AvgIpc) is 3.09. The largest absolute Gasteiger partial charge is 0.452 e. The van der Waals surface area contributed by atoms with Crippen LogP contribution in [0.2, 0.25) is 0 Å². The Labute approximate surface area is 183 Å². The summed E-state index contributed by atoms with van der Waals surface area (Å²) in [6.45, 7) is 2.25. The first-order chi connectivity index (χ1) is 14.9. The average molecular weight is 422 g/mol. The summed E-state index contributed by atoms with van der Waals surface area (Å²) in [6, 6.07) is 8.12. The monoisotopic (exact) mass is 421 g/mol. The second-order valence-corrected chi connectivity index (χ2v) is 8.73. The van der Waals surface area contributed by atoms with Crippen molar-refractivity contribution in [3.05, 3.63) is 53.8 Å². The number of carbonyl (C=O) groups is 1. The first-order valence-corrected chi connectivity index (χ1v) is 10.8.